The molecule has 5 heteroatoms. The molecular weight excluding hydrogens is 365 g/mol. The molecule has 0 fully saturated rings. The summed E-state index contributed by atoms with van der Waals surface area (Å²) in [6, 6.07) is 0. The van der Waals surface area contributed by atoms with Gasteiger partial charge in [0.05, 0.1) is 0 Å². The first-order valence-corrected chi connectivity index (χ1v) is 7.92. The lowest BCUT2D eigenvalue weighted by molar-refractivity contribution is 0.146. The van der Waals surface area contributed by atoms with Gasteiger partial charge in [-0.25, -0.2) is 0 Å². The van der Waals surface area contributed by atoms with Gasteiger partial charge in [0.2, 0.25) is 0 Å². The van der Waals surface area contributed by atoms with Crippen molar-refractivity contribution in [1.29, 1.82) is 0 Å². The molecule has 0 saturated carbocycles. The van der Waals surface area contributed by atoms with Crippen molar-refractivity contribution in [2.45, 2.75) is 65.2 Å². The molecule has 0 heterocycles. The fourth-order valence-electron chi connectivity index (χ4n) is 1.86. The maximum atomic E-state index is 5.77. The number of hydrogen-bond acceptors (Lipinski definition) is 2. The quantitative estimate of drug-likeness (QED) is 0.215. The van der Waals surface area contributed by atoms with Gasteiger partial charge in [0.15, 0.2) is 5.96 Å². The molecule has 0 spiro atoms. The number of hydrogen-bond donors (Lipinski definition) is 2. The minimum atomic E-state index is 0. The molecule has 0 bridgehead atoms. The first kappa shape index (κ1) is 22.2. The number of ether oxygens (including phenoxy) is 1. The SMILES string of the molecule is CCCCCCCCCNC(N)=NCCCOCC.I. The number of unbranched alkanes of at least 4 members (excludes halogenated alkanes) is 6. The smallest absolute Gasteiger partial charge is 0.188 e. The van der Waals surface area contributed by atoms with E-state index in [0.29, 0.717) is 5.96 Å². The second kappa shape index (κ2) is 19.0. The lowest BCUT2D eigenvalue weighted by Crippen LogP contribution is -2.32. The van der Waals surface area contributed by atoms with E-state index in [4.69, 9.17) is 10.5 Å². The zero-order valence-electron chi connectivity index (χ0n) is 13.3. The molecule has 0 saturated heterocycles. The zero-order valence-corrected chi connectivity index (χ0v) is 15.7. The molecule has 0 radical (unpaired) electrons. The van der Waals surface area contributed by atoms with Gasteiger partial charge >= 0.3 is 0 Å². The van der Waals surface area contributed by atoms with Gasteiger partial charge in [0.1, 0.15) is 0 Å². The molecule has 0 atom stereocenters. The number of halogens is 1. The number of nitrogens with zero attached hydrogens (tertiary/aromatic N) is 1. The molecular formula is C15H34IN3O. The number of aliphatic imine (C=N–C) groups is 1. The highest BCUT2D eigenvalue weighted by Crippen LogP contribution is 2.06. The van der Waals surface area contributed by atoms with Crippen LogP contribution in [0, 0.1) is 0 Å². The lowest BCUT2D eigenvalue weighted by Gasteiger charge is -2.05. The second-order valence-electron chi connectivity index (χ2n) is 4.87. The molecule has 0 aromatic carbocycles. The number of nitrogens with two attached hydrogens (primary N) is 1. The summed E-state index contributed by atoms with van der Waals surface area (Å²) >= 11 is 0. The Hall–Kier alpha value is -0.0400. The van der Waals surface area contributed by atoms with Crippen molar-refractivity contribution >= 4 is 29.9 Å². The summed E-state index contributed by atoms with van der Waals surface area (Å²) in [5, 5.41) is 3.16. The molecule has 0 rings (SSSR count). The van der Waals surface area contributed by atoms with Crippen LogP contribution in [-0.2, 0) is 4.74 Å². The maximum Gasteiger partial charge on any atom is 0.188 e. The Labute approximate surface area is 142 Å². The fraction of sp³-hybridized carbons (Fsp3) is 0.933. The Morgan fingerprint density at radius 1 is 1.00 bits per heavy atom. The second-order valence-corrected chi connectivity index (χ2v) is 4.87. The summed E-state index contributed by atoms with van der Waals surface area (Å²) < 4.78 is 5.24. The molecule has 0 amide bonds. The van der Waals surface area contributed by atoms with Crippen LogP contribution < -0.4 is 11.1 Å². The summed E-state index contributed by atoms with van der Waals surface area (Å²) in [6.45, 7) is 7.48. The third-order valence-electron chi connectivity index (χ3n) is 3.02. The third kappa shape index (κ3) is 18.0. The predicted octanol–water partition coefficient (Wildman–Crippen LogP) is 3.69. The largest absolute Gasteiger partial charge is 0.382 e. The van der Waals surface area contributed by atoms with Crippen LogP contribution >= 0.6 is 24.0 Å². The van der Waals surface area contributed by atoms with Crippen LogP contribution in [0.5, 0.6) is 0 Å². The van der Waals surface area contributed by atoms with E-state index in [-0.39, 0.29) is 24.0 Å². The molecule has 20 heavy (non-hydrogen) atoms. The van der Waals surface area contributed by atoms with Crippen molar-refractivity contribution in [2.24, 2.45) is 10.7 Å². The summed E-state index contributed by atoms with van der Waals surface area (Å²) in [6.07, 6.45) is 10.2. The van der Waals surface area contributed by atoms with E-state index >= 15 is 0 Å². The van der Waals surface area contributed by atoms with E-state index in [1.165, 1.54) is 44.9 Å². The Morgan fingerprint density at radius 2 is 1.65 bits per heavy atom. The van der Waals surface area contributed by atoms with Crippen molar-refractivity contribution in [3.63, 3.8) is 0 Å². The summed E-state index contributed by atoms with van der Waals surface area (Å²) in [5.74, 6) is 0.572. The van der Waals surface area contributed by atoms with Crippen molar-refractivity contribution in [3.05, 3.63) is 0 Å². The van der Waals surface area contributed by atoms with Gasteiger partial charge in [0, 0.05) is 26.3 Å². The van der Waals surface area contributed by atoms with Crippen LogP contribution in [0.4, 0.5) is 0 Å². The standard InChI is InChI=1S/C15H33N3O.HI/c1-3-5-6-7-8-9-10-12-17-15(16)18-13-11-14-19-4-2;/h3-14H2,1-2H3,(H3,16,17,18);1H. The first-order valence-electron chi connectivity index (χ1n) is 7.92. The molecule has 0 aromatic rings. The molecule has 0 aliphatic carbocycles. The highest BCUT2D eigenvalue weighted by Gasteiger charge is 1.93. The van der Waals surface area contributed by atoms with Gasteiger partial charge < -0.3 is 15.8 Å². The van der Waals surface area contributed by atoms with Gasteiger partial charge in [-0.2, -0.15) is 0 Å². The summed E-state index contributed by atoms with van der Waals surface area (Å²) in [7, 11) is 0. The van der Waals surface area contributed by atoms with Crippen LogP contribution in [0.15, 0.2) is 4.99 Å². The minimum Gasteiger partial charge on any atom is -0.382 e. The first-order chi connectivity index (χ1) is 9.31. The molecule has 122 valence electrons. The van der Waals surface area contributed by atoms with Crippen molar-refractivity contribution < 1.29 is 4.74 Å². The average molecular weight is 399 g/mol. The van der Waals surface area contributed by atoms with E-state index < -0.39 is 0 Å². The van der Waals surface area contributed by atoms with E-state index in [1.54, 1.807) is 0 Å². The molecule has 3 N–H and O–H groups in total. The van der Waals surface area contributed by atoms with E-state index in [1.807, 2.05) is 6.92 Å². The van der Waals surface area contributed by atoms with E-state index in [0.717, 1.165) is 32.7 Å². The van der Waals surface area contributed by atoms with Gasteiger partial charge in [-0.15, -0.1) is 24.0 Å². The zero-order chi connectivity index (χ0) is 14.2. The Kier molecular flexibility index (Phi) is 21.1. The normalized spacial score (nSPS) is 11.2. The topological polar surface area (TPSA) is 59.6 Å². The highest BCUT2D eigenvalue weighted by atomic mass is 127. The van der Waals surface area contributed by atoms with Crippen molar-refractivity contribution in [2.75, 3.05) is 26.3 Å². The molecule has 0 aliphatic heterocycles. The molecule has 4 nitrogen and oxygen atoms in total. The fourth-order valence-corrected chi connectivity index (χ4v) is 1.86. The van der Waals surface area contributed by atoms with Crippen LogP contribution in [0.25, 0.3) is 0 Å². The minimum absolute atomic E-state index is 0. The van der Waals surface area contributed by atoms with Crippen LogP contribution in [0.2, 0.25) is 0 Å². The Balaban J connectivity index is 0. The third-order valence-corrected chi connectivity index (χ3v) is 3.02. The van der Waals surface area contributed by atoms with Crippen LogP contribution in [-0.4, -0.2) is 32.3 Å². The van der Waals surface area contributed by atoms with E-state index in [2.05, 4.69) is 17.2 Å². The molecule has 0 unspecified atom stereocenters. The van der Waals surface area contributed by atoms with Gasteiger partial charge in [-0.3, -0.25) is 4.99 Å². The van der Waals surface area contributed by atoms with E-state index in [9.17, 15) is 0 Å². The maximum absolute atomic E-state index is 5.77. The number of nitrogens with one attached hydrogen (secondary N) is 1. The predicted molar refractivity (Wildman–Crippen MR) is 99.0 cm³/mol. The average Bonchev–Trinajstić information content (AvgIpc) is 2.41. The van der Waals surface area contributed by atoms with Crippen LogP contribution in [0.1, 0.15) is 65.2 Å². The summed E-state index contributed by atoms with van der Waals surface area (Å²) in [4.78, 5) is 4.26. The molecule has 0 aliphatic rings. The monoisotopic (exact) mass is 399 g/mol. The Bertz CT molecular complexity index is 213. The summed E-state index contributed by atoms with van der Waals surface area (Å²) in [5.41, 5.74) is 5.77. The van der Waals surface area contributed by atoms with Gasteiger partial charge in [-0.1, -0.05) is 45.4 Å². The number of rotatable bonds is 13. The van der Waals surface area contributed by atoms with Crippen molar-refractivity contribution in [3.8, 4) is 0 Å². The molecule has 0 aromatic heterocycles. The lowest BCUT2D eigenvalue weighted by atomic mass is 10.1. The van der Waals surface area contributed by atoms with Crippen LogP contribution in [0.3, 0.4) is 0 Å². The number of guanidine groups is 1. The van der Waals surface area contributed by atoms with Gasteiger partial charge in [0.25, 0.3) is 0 Å². The van der Waals surface area contributed by atoms with Gasteiger partial charge in [-0.05, 0) is 19.8 Å². The Morgan fingerprint density at radius 3 is 2.30 bits per heavy atom. The van der Waals surface area contributed by atoms with Crippen molar-refractivity contribution in [1.82, 2.24) is 5.32 Å². The highest BCUT2D eigenvalue weighted by molar-refractivity contribution is 14.0.